The van der Waals surface area contributed by atoms with E-state index in [1.807, 2.05) is 24.3 Å². The Balaban J connectivity index is 1.75. The number of anilines is 1. The van der Waals surface area contributed by atoms with Crippen LogP contribution in [0.15, 0.2) is 53.1 Å². The van der Waals surface area contributed by atoms with Gasteiger partial charge in [0.15, 0.2) is 0 Å². The fourth-order valence-electron chi connectivity index (χ4n) is 3.14. The predicted octanol–water partition coefficient (Wildman–Crippen LogP) is 5.27. The number of allylic oxidation sites excluding steroid dienone is 1. The number of halogens is 2. The minimum Gasteiger partial charge on any atom is -0.325 e. The number of amides is 2. The number of aryl methyl sites for hydroxylation is 1. The van der Waals surface area contributed by atoms with Crippen molar-refractivity contribution in [1.29, 1.82) is 5.26 Å². The van der Waals surface area contributed by atoms with Crippen LogP contribution in [0.2, 0.25) is 10.0 Å². The van der Waals surface area contributed by atoms with Crippen LogP contribution in [0.1, 0.15) is 30.4 Å². The van der Waals surface area contributed by atoms with E-state index in [4.69, 9.17) is 23.2 Å². The van der Waals surface area contributed by atoms with Crippen molar-refractivity contribution in [3.8, 4) is 6.07 Å². The Kier molecular flexibility index (Phi) is 7.43. The molecule has 1 aliphatic rings. The molecule has 0 saturated heterocycles. The number of rotatable bonds is 6. The molecule has 2 aromatic rings. The van der Waals surface area contributed by atoms with Crippen molar-refractivity contribution >= 4 is 52.5 Å². The molecule has 0 saturated carbocycles. The third kappa shape index (κ3) is 5.37. The second kappa shape index (κ2) is 10.0. The van der Waals surface area contributed by atoms with E-state index in [9.17, 15) is 14.9 Å². The van der Waals surface area contributed by atoms with Gasteiger partial charge in [0.2, 0.25) is 11.8 Å². The number of thioether (sulfide) groups is 1. The van der Waals surface area contributed by atoms with Crippen molar-refractivity contribution in [3.63, 3.8) is 0 Å². The summed E-state index contributed by atoms with van der Waals surface area (Å²) < 4.78 is 0. The van der Waals surface area contributed by atoms with Gasteiger partial charge in [0.05, 0.1) is 22.4 Å². The molecule has 0 aromatic heterocycles. The van der Waals surface area contributed by atoms with E-state index in [1.54, 1.807) is 18.2 Å². The molecule has 154 valence electrons. The van der Waals surface area contributed by atoms with E-state index in [-0.39, 0.29) is 24.0 Å². The first kappa shape index (κ1) is 22.2. The van der Waals surface area contributed by atoms with Gasteiger partial charge >= 0.3 is 0 Å². The maximum Gasteiger partial charge on any atom is 0.234 e. The molecule has 5 nitrogen and oxygen atoms in total. The summed E-state index contributed by atoms with van der Waals surface area (Å²) in [6.45, 7) is 2.06. The first-order valence-corrected chi connectivity index (χ1v) is 11.1. The quantitative estimate of drug-likeness (QED) is 0.616. The van der Waals surface area contributed by atoms with Crippen LogP contribution in [-0.4, -0.2) is 17.6 Å². The number of hydrogen-bond acceptors (Lipinski definition) is 4. The van der Waals surface area contributed by atoms with Gasteiger partial charge in [-0.3, -0.25) is 9.59 Å². The Morgan fingerprint density at radius 1 is 1.27 bits per heavy atom. The number of hydrogen-bond donors (Lipinski definition) is 2. The van der Waals surface area contributed by atoms with E-state index >= 15 is 0 Å². The zero-order valence-electron chi connectivity index (χ0n) is 16.2. The number of benzene rings is 2. The van der Waals surface area contributed by atoms with Crippen molar-refractivity contribution < 1.29 is 9.59 Å². The van der Waals surface area contributed by atoms with E-state index in [0.717, 1.165) is 18.2 Å². The van der Waals surface area contributed by atoms with Crippen LogP contribution in [0.5, 0.6) is 0 Å². The molecular formula is C22H19Cl2N3O2S. The molecular weight excluding hydrogens is 441 g/mol. The first-order valence-electron chi connectivity index (χ1n) is 9.32. The lowest BCUT2D eigenvalue weighted by Crippen LogP contribution is -2.31. The molecule has 8 heteroatoms. The summed E-state index contributed by atoms with van der Waals surface area (Å²) in [6.07, 6.45) is 1.03. The van der Waals surface area contributed by atoms with E-state index in [1.165, 1.54) is 5.56 Å². The van der Waals surface area contributed by atoms with Crippen molar-refractivity contribution in [2.45, 2.75) is 25.7 Å². The average Bonchev–Trinajstić information content (AvgIpc) is 2.72. The molecule has 0 radical (unpaired) electrons. The highest BCUT2D eigenvalue weighted by molar-refractivity contribution is 8.03. The summed E-state index contributed by atoms with van der Waals surface area (Å²) in [4.78, 5) is 24.6. The molecule has 0 fully saturated rings. The molecule has 1 atom stereocenters. The third-order valence-electron chi connectivity index (χ3n) is 4.69. The predicted molar refractivity (Wildman–Crippen MR) is 122 cm³/mol. The number of nitriles is 1. The highest BCUT2D eigenvalue weighted by Gasteiger charge is 2.31. The molecule has 0 bridgehead atoms. The lowest BCUT2D eigenvalue weighted by atomic mass is 9.87. The van der Waals surface area contributed by atoms with Gasteiger partial charge in [0.25, 0.3) is 0 Å². The molecule has 0 aliphatic carbocycles. The van der Waals surface area contributed by atoms with Crippen LogP contribution >= 0.6 is 35.0 Å². The summed E-state index contributed by atoms with van der Waals surface area (Å²) in [5.41, 5.74) is 2.92. The maximum absolute atomic E-state index is 12.3. The fraction of sp³-hybridized carbons (Fsp3) is 0.227. The van der Waals surface area contributed by atoms with Gasteiger partial charge in [-0.2, -0.15) is 5.26 Å². The van der Waals surface area contributed by atoms with Crippen LogP contribution in [0.3, 0.4) is 0 Å². The zero-order valence-corrected chi connectivity index (χ0v) is 18.5. The lowest BCUT2D eigenvalue weighted by molar-refractivity contribution is -0.121. The first-order chi connectivity index (χ1) is 14.4. The van der Waals surface area contributed by atoms with Gasteiger partial charge in [-0.25, -0.2) is 0 Å². The molecule has 1 heterocycles. The molecule has 1 unspecified atom stereocenters. The highest BCUT2D eigenvalue weighted by Crippen LogP contribution is 2.39. The average molecular weight is 460 g/mol. The Bertz CT molecular complexity index is 1050. The molecule has 2 aromatic carbocycles. The van der Waals surface area contributed by atoms with Gasteiger partial charge in [0.1, 0.15) is 0 Å². The number of carbonyl (C=O) groups excluding carboxylic acids is 2. The SMILES string of the molecule is CCc1ccc(NC(=O)CSC2=C(C#N)C(c3ccc(Cl)cc3Cl)CC(=O)N2)cc1. The van der Waals surface area contributed by atoms with Crippen molar-refractivity contribution in [2.75, 3.05) is 11.1 Å². The zero-order chi connectivity index (χ0) is 21.7. The standard InChI is InChI=1S/C22H19Cl2N3O2S/c1-2-13-3-6-15(7-4-13)26-21(29)12-30-22-18(11-25)17(10-20(28)27-22)16-8-5-14(23)9-19(16)24/h3-9,17H,2,10,12H2,1H3,(H,26,29)(H,27,28). The summed E-state index contributed by atoms with van der Waals surface area (Å²) in [5.74, 6) is -0.893. The minimum atomic E-state index is -0.485. The van der Waals surface area contributed by atoms with Crippen LogP contribution in [0.25, 0.3) is 0 Å². The van der Waals surface area contributed by atoms with Gasteiger partial charge in [-0.05, 0) is 41.8 Å². The highest BCUT2D eigenvalue weighted by atomic mass is 35.5. The number of carbonyl (C=O) groups is 2. The topological polar surface area (TPSA) is 82.0 Å². The third-order valence-corrected chi connectivity index (χ3v) is 6.27. The summed E-state index contributed by atoms with van der Waals surface area (Å²) in [5, 5.41) is 16.5. The largest absolute Gasteiger partial charge is 0.325 e. The second-order valence-corrected chi connectivity index (χ2v) is 8.54. The normalized spacial score (nSPS) is 16.1. The fourth-order valence-corrected chi connectivity index (χ4v) is 4.56. The monoisotopic (exact) mass is 459 g/mol. The van der Waals surface area contributed by atoms with Crippen LogP contribution in [0.4, 0.5) is 5.69 Å². The Morgan fingerprint density at radius 3 is 2.63 bits per heavy atom. The van der Waals surface area contributed by atoms with Gasteiger partial charge in [-0.15, -0.1) is 0 Å². The molecule has 2 N–H and O–H groups in total. The van der Waals surface area contributed by atoms with Crippen LogP contribution in [0, 0.1) is 11.3 Å². The maximum atomic E-state index is 12.3. The van der Waals surface area contributed by atoms with Crippen LogP contribution in [-0.2, 0) is 16.0 Å². The van der Waals surface area contributed by atoms with Gasteiger partial charge in [-0.1, -0.05) is 60.1 Å². The lowest BCUT2D eigenvalue weighted by Gasteiger charge is -2.25. The Morgan fingerprint density at radius 2 is 2.00 bits per heavy atom. The molecule has 30 heavy (non-hydrogen) atoms. The summed E-state index contributed by atoms with van der Waals surface area (Å²) in [7, 11) is 0. The number of nitrogens with one attached hydrogen (secondary N) is 2. The Labute approximate surface area is 189 Å². The molecule has 0 spiro atoms. The number of nitrogens with zero attached hydrogens (tertiary/aromatic N) is 1. The van der Waals surface area contributed by atoms with Gasteiger partial charge < -0.3 is 10.6 Å². The van der Waals surface area contributed by atoms with Crippen LogP contribution < -0.4 is 10.6 Å². The summed E-state index contributed by atoms with van der Waals surface area (Å²) >= 11 is 13.4. The van der Waals surface area contributed by atoms with Crippen molar-refractivity contribution in [2.24, 2.45) is 0 Å². The molecule has 2 amide bonds. The minimum absolute atomic E-state index is 0.0530. The Hall–Kier alpha value is -2.46. The van der Waals surface area contributed by atoms with E-state index in [2.05, 4.69) is 23.6 Å². The van der Waals surface area contributed by atoms with E-state index < -0.39 is 5.92 Å². The van der Waals surface area contributed by atoms with E-state index in [0.29, 0.717) is 31.9 Å². The van der Waals surface area contributed by atoms with Gasteiger partial charge in [0, 0.05) is 28.1 Å². The van der Waals surface area contributed by atoms with Crippen molar-refractivity contribution in [3.05, 3.63) is 74.2 Å². The van der Waals surface area contributed by atoms with Crippen molar-refractivity contribution in [1.82, 2.24) is 5.32 Å². The molecule has 1 aliphatic heterocycles. The second-order valence-electron chi connectivity index (χ2n) is 6.71. The smallest absolute Gasteiger partial charge is 0.234 e. The molecule has 3 rings (SSSR count). The summed E-state index contributed by atoms with van der Waals surface area (Å²) in [6, 6.07) is 14.8.